The molecule has 1 aliphatic carbocycles. The normalized spacial score (nSPS) is 19.0. The number of nitrogens with zero attached hydrogens (tertiary/aromatic N) is 3. The van der Waals surface area contributed by atoms with Crippen LogP contribution in [0.3, 0.4) is 0 Å². The van der Waals surface area contributed by atoms with Gasteiger partial charge in [-0.1, -0.05) is 13.8 Å². The van der Waals surface area contributed by atoms with E-state index in [-0.39, 0.29) is 11.7 Å². The molecule has 2 unspecified atom stereocenters. The Bertz CT molecular complexity index is 611. The highest BCUT2D eigenvalue weighted by atomic mass is 16.1. The second kappa shape index (κ2) is 4.23. The molecule has 5 nitrogen and oxygen atoms in total. The van der Waals surface area contributed by atoms with Crippen molar-refractivity contribution in [2.75, 3.05) is 0 Å². The molecule has 18 heavy (non-hydrogen) atoms. The predicted octanol–water partition coefficient (Wildman–Crippen LogP) is 2.12. The molecule has 1 N–H and O–H groups in total. The number of hydrogen-bond acceptors (Lipinski definition) is 3. The molecule has 0 bridgehead atoms. The van der Waals surface area contributed by atoms with Crippen molar-refractivity contribution in [2.24, 2.45) is 11.8 Å². The Balaban J connectivity index is 2.11. The van der Waals surface area contributed by atoms with Crippen LogP contribution in [0.15, 0.2) is 17.2 Å². The van der Waals surface area contributed by atoms with Crippen LogP contribution in [0.2, 0.25) is 0 Å². The molecule has 3 rings (SSSR count). The van der Waals surface area contributed by atoms with Gasteiger partial charge in [-0.15, -0.1) is 0 Å². The van der Waals surface area contributed by atoms with Gasteiger partial charge in [0.25, 0.3) is 0 Å². The van der Waals surface area contributed by atoms with Crippen molar-refractivity contribution in [1.82, 2.24) is 19.5 Å². The summed E-state index contributed by atoms with van der Waals surface area (Å²) in [5.74, 6) is 1.29. The van der Waals surface area contributed by atoms with Crippen LogP contribution in [0.4, 0.5) is 0 Å². The molecule has 2 aromatic heterocycles. The molecular weight excluding hydrogens is 228 g/mol. The van der Waals surface area contributed by atoms with Gasteiger partial charge in [0.2, 0.25) is 0 Å². The summed E-state index contributed by atoms with van der Waals surface area (Å²) in [7, 11) is 0. The van der Waals surface area contributed by atoms with Crippen molar-refractivity contribution in [3.05, 3.63) is 22.9 Å². The molecule has 0 spiro atoms. The molecule has 5 heteroatoms. The van der Waals surface area contributed by atoms with Gasteiger partial charge >= 0.3 is 5.69 Å². The summed E-state index contributed by atoms with van der Waals surface area (Å²) in [4.78, 5) is 23.4. The van der Waals surface area contributed by atoms with Crippen molar-refractivity contribution >= 4 is 11.3 Å². The van der Waals surface area contributed by atoms with E-state index in [9.17, 15) is 4.79 Å². The van der Waals surface area contributed by atoms with Crippen molar-refractivity contribution in [1.29, 1.82) is 0 Å². The van der Waals surface area contributed by atoms with Crippen LogP contribution in [0.5, 0.6) is 0 Å². The van der Waals surface area contributed by atoms with Crippen LogP contribution in [-0.4, -0.2) is 19.5 Å². The number of hydrogen-bond donors (Lipinski definition) is 1. The van der Waals surface area contributed by atoms with E-state index in [4.69, 9.17) is 0 Å². The summed E-state index contributed by atoms with van der Waals surface area (Å²) in [6.07, 6.45) is 6.77. The predicted molar refractivity (Wildman–Crippen MR) is 69.4 cm³/mol. The number of rotatable bonds is 4. The topological polar surface area (TPSA) is 63.6 Å². The van der Waals surface area contributed by atoms with Crippen LogP contribution in [0, 0.1) is 11.8 Å². The van der Waals surface area contributed by atoms with E-state index in [1.54, 1.807) is 17.0 Å². The number of fused-ring (bicyclic) bond motifs is 1. The van der Waals surface area contributed by atoms with Crippen LogP contribution in [0.1, 0.15) is 39.2 Å². The van der Waals surface area contributed by atoms with Crippen LogP contribution >= 0.6 is 0 Å². The van der Waals surface area contributed by atoms with E-state index in [1.807, 2.05) is 0 Å². The molecule has 96 valence electrons. The third-order valence-electron chi connectivity index (χ3n) is 4.07. The van der Waals surface area contributed by atoms with Gasteiger partial charge in [-0.25, -0.2) is 14.8 Å². The molecule has 1 aliphatic rings. The molecule has 0 aromatic carbocycles. The lowest BCUT2D eigenvalue weighted by molar-refractivity contribution is 0.308. The van der Waals surface area contributed by atoms with Crippen LogP contribution in [0.25, 0.3) is 11.3 Å². The lowest BCUT2D eigenvalue weighted by Gasteiger charge is -2.23. The van der Waals surface area contributed by atoms with Gasteiger partial charge in [-0.3, -0.25) is 9.55 Å². The Morgan fingerprint density at radius 2 is 2.17 bits per heavy atom. The summed E-state index contributed by atoms with van der Waals surface area (Å²) in [6.45, 7) is 4.37. The number of H-pyrrole nitrogens is 1. The maximum absolute atomic E-state index is 12.1. The second-order valence-corrected chi connectivity index (χ2v) is 5.20. The lowest BCUT2D eigenvalue weighted by atomic mass is 9.94. The third-order valence-corrected chi connectivity index (χ3v) is 4.07. The van der Waals surface area contributed by atoms with Gasteiger partial charge in [-0.05, 0) is 31.1 Å². The molecule has 2 atom stereocenters. The van der Waals surface area contributed by atoms with Gasteiger partial charge in [0, 0.05) is 18.4 Å². The Morgan fingerprint density at radius 3 is 2.83 bits per heavy atom. The van der Waals surface area contributed by atoms with Crippen LogP contribution in [-0.2, 0) is 0 Å². The first-order valence-corrected chi connectivity index (χ1v) is 6.63. The minimum Gasteiger partial charge on any atom is -0.289 e. The summed E-state index contributed by atoms with van der Waals surface area (Å²) in [6, 6.07) is 0.218. The van der Waals surface area contributed by atoms with E-state index in [0.29, 0.717) is 17.2 Å². The number of imidazole rings is 1. The highest BCUT2D eigenvalue weighted by molar-refractivity contribution is 5.64. The van der Waals surface area contributed by atoms with E-state index in [0.717, 1.165) is 12.3 Å². The average molecular weight is 246 g/mol. The molecule has 2 aromatic rings. The zero-order chi connectivity index (χ0) is 12.7. The van der Waals surface area contributed by atoms with Crippen molar-refractivity contribution in [3.63, 3.8) is 0 Å². The van der Waals surface area contributed by atoms with Gasteiger partial charge in [-0.2, -0.15) is 0 Å². The quantitative estimate of drug-likeness (QED) is 0.898. The van der Waals surface area contributed by atoms with E-state index >= 15 is 0 Å². The lowest BCUT2D eigenvalue weighted by Crippen LogP contribution is -2.27. The van der Waals surface area contributed by atoms with E-state index in [1.165, 1.54) is 12.8 Å². The number of aromatic amines is 1. The standard InChI is InChI=1S/C13H18N4O/c1-3-10(8(2)9-4-5-9)17-12-11(16-13(17)18)14-6-7-15-12/h6-10H,3-5H2,1-2H3,(H,14,16,18). The summed E-state index contributed by atoms with van der Waals surface area (Å²) >= 11 is 0. The fourth-order valence-electron chi connectivity index (χ4n) is 2.89. The first kappa shape index (κ1) is 11.4. The molecule has 0 amide bonds. The van der Waals surface area contributed by atoms with Gasteiger partial charge in [0.1, 0.15) is 0 Å². The average Bonchev–Trinajstić information content (AvgIpc) is 3.16. The van der Waals surface area contributed by atoms with Crippen molar-refractivity contribution in [3.8, 4) is 0 Å². The maximum Gasteiger partial charge on any atom is 0.329 e. The largest absolute Gasteiger partial charge is 0.329 e. The molecule has 0 saturated heterocycles. The first-order chi connectivity index (χ1) is 8.72. The summed E-state index contributed by atoms with van der Waals surface area (Å²) < 4.78 is 1.80. The molecule has 1 fully saturated rings. The molecule has 2 heterocycles. The van der Waals surface area contributed by atoms with Gasteiger partial charge in [0.15, 0.2) is 11.3 Å². The van der Waals surface area contributed by atoms with Crippen molar-refractivity contribution < 1.29 is 0 Å². The number of aromatic nitrogens is 4. The fourth-order valence-corrected chi connectivity index (χ4v) is 2.89. The van der Waals surface area contributed by atoms with Crippen LogP contribution < -0.4 is 5.69 Å². The summed E-state index contributed by atoms with van der Waals surface area (Å²) in [5, 5.41) is 0. The zero-order valence-corrected chi connectivity index (χ0v) is 10.8. The Labute approximate surface area is 105 Å². The Kier molecular flexibility index (Phi) is 2.69. The SMILES string of the molecule is CCC(C(C)C1CC1)n1c(=O)[nH]c2nccnc21. The van der Waals surface area contributed by atoms with Gasteiger partial charge < -0.3 is 0 Å². The molecular formula is C13H18N4O. The monoisotopic (exact) mass is 246 g/mol. The maximum atomic E-state index is 12.1. The first-order valence-electron chi connectivity index (χ1n) is 6.63. The highest BCUT2D eigenvalue weighted by Crippen LogP contribution is 2.42. The molecule has 1 saturated carbocycles. The third kappa shape index (κ3) is 1.74. The summed E-state index contributed by atoms with van der Waals surface area (Å²) in [5.41, 5.74) is 1.18. The molecule has 0 radical (unpaired) electrons. The minimum atomic E-state index is -0.0875. The van der Waals surface area contributed by atoms with Gasteiger partial charge in [0.05, 0.1) is 0 Å². The fraction of sp³-hybridized carbons (Fsp3) is 0.615. The minimum absolute atomic E-state index is 0.0875. The Morgan fingerprint density at radius 1 is 1.44 bits per heavy atom. The van der Waals surface area contributed by atoms with Crippen molar-refractivity contribution in [2.45, 2.75) is 39.2 Å². The zero-order valence-electron chi connectivity index (χ0n) is 10.8. The second-order valence-electron chi connectivity index (χ2n) is 5.20. The van der Waals surface area contributed by atoms with E-state index in [2.05, 4.69) is 28.8 Å². The smallest absolute Gasteiger partial charge is 0.289 e. The molecule has 0 aliphatic heterocycles. The highest BCUT2D eigenvalue weighted by Gasteiger charge is 2.34. The Hall–Kier alpha value is -1.65. The number of nitrogens with one attached hydrogen (secondary N) is 1. The van der Waals surface area contributed by atoms with E-state index < -0.39 is 0 Å².